The SMILES string of the molecule is O=C(C1CCCCC1)N1CC(c2nc(C3CC3)n[nH]2)C2(CCCC2)C1. The summed E-state index contributed by atoms with van der Waals surface area (Å²) < 4.78 is 0. The van der Waals surface area contributed by atoms with E-state index in [0.29, 0.717) is 17.7 Å². The number of amides is 1. The van der Waals surface area contributed by atoms with Gasteiger partial charge in [-0.25, -0.2) is 4.98 Å². The number of hydrogen-bond acceptors (Lipinski definition) is 3. The third-order valence-corrected chi connectivity index (χ3v) is 7.31. The molecule has 25 heavy (non-hydrogen) atoms. The van der Waals surface area contributed by atoms with E-state index in [4.69, 9.17) is 4.98 Å². The number of aromatic nitrogens is 3. The average Bonchev–Trinajstić information content (AvgIpc) is 3.08. The Morgan fingerprint density at radius 1 is 1.04 bits per heavy atom. The van der Waals surface area contributed by atoms with Crippen molar-refractivity contribution in [2.75, 3.05) is 13.1 Å². The summed E-state index contributed by atoms with van der Waals surface area (Å²) >= 11 is 0. The molecule has 1 aromatic heterocycles. The zero-order valence-corrected chi connectivity index (χ0v) is 15.2. The molecule has 136 valence electrons. The van der Waals surface area contributed by atoms with Crippen molar-refractivity contribution in [2.45, 2.75) is 82.5 Å². The van der Waals surface area contributed by atoms with E-state index in [0.717, 1.165) is 37.6 Å². The van der Waals surface area contributed by atoms with Gasteiger partial charge in [-0.1, -0.05) is 32.1 Å². The highest BCUT2D eigenvalue weighted by Gasteiger charge is 2.51. The van der Waals surface area contributed by atoms with Gasteiger partial charge in [-0.2, -0.15) is 5.10 Å². The van der Waals surface area contributed by atoms with Gasteiger partial charge in [-0.3, -0.25) is 9.89 Å². The topological polar surface area (TPSA) is 61.9 Å². The Bertz CT molecular complexity index is 638. The summed E-state index contributed by atoms with van der Waals surface area (Å²) in [4.78, 5) is 20.2. The summed E-state index contributed by atoms with van der Waals surface area (Å²) in [5, 5.41) is 7.76. The maximum atomic E-state index is 13.1. The van der Waals surface area contributed by atoms with Crippen LogP contribution in [0.4, 0.5) is 0 Å². The molecule has 5 nitrogen and oxygen atoms in total. The molecule has 0 bridgehead atoms. The molecule has 2 heterocycles. The van der Waals surface area contributed by atoms with Gasteiger partial charge in [0, 0.05) is 30.8 Å². The van der Waals surface area contributed by atoms with Crippen molar-refractivity contribution in [1.29, 1.82) is 0 Å². The number of carbonyl (C=O) groups excluding carboxylic acids is 1. The quantitative estimate of drug-likeness (QED) is 0.910. The molecule has 1 aliphatic heterocycles. The second-order valence-electron chi connectivity index (χ2n) is 9.03. The van der Waals surface area contributed by atoms with Crippen LogP contribution in [0, 0.1) is 11.3 Å². The van der Waals surface area contributed by atoms with Crippen LogP contribution >= 0.6 is 0 Å². The number of hydrogen-bond donors (Lipinski definition) is 1. The van der Waals surface area contributed by atoms with Crippen LogP contribution in [0.1, 0.15) is 94.1 Å². The molecule has 1 N–H and O–H groups in total. The zero-order valence-electron chi connectivity index (χ0n) is 15.2. The molecular weight excluding hydrogens is 312 g/mol. The largest absolute Gasteiger partial charge is 0.341 e. The lowest BCUT2D eigenvalue weighted by molar-refractivity contribution is -0.135. The molecule has 1 spiro atoms. The fraction of sp³-hybridized carbons (Fsp3) is 0.850. The molecular formula is C20H30N4O. The van der Waals surface area contributed by atoms with Gasteiger partial charge >= 0.3 is 0 Å². The van der Waals surface area contributed by atoms with Crippen LogP contribution in [0.15, 0.2) is 0 Å². The first-order valence-corrected chi connectivity index (χ1v) is 10.5. The molecule has 5 rings (SSSR count). The predicted molar refractivity (Wildman–Crippen MR) is 95.2 cm³/mol. The lowest BCUT2D eigenvalue weighted by Gasteiger charge is -2.29. The van der Waals surface area contributed by atoms with E-state index in [9.17, 15) is 4.79 Å². The van der Waals surface area contributed by atoms with Crippen LogP contribution in [-0.4, -0.2) is 39.1 Å². The molecule has 3 saturated carbocycles. The smallest absolute Gasteiger partial charge is 0.225 e. The third-order valence-electron chi connectivity index (χ3n) is 7.31. The average molecular weight is 342 g/mol. The van der Waals surface area contributed by atoms with Gasteiger partial charge in [0.25, 0.3) is 0 Å². The first-order chi connectivity index (χ1) is 12.3. The molecule has 1 amide bonds. The van der Waals surface area contributed by atoms with Gasteiger partial charge in [-0.15, -0.1) is 0 Å². The first kappa shape index (κ1) is 15.8. The molecule has 5 heteroatoms. The Kier molecular flexibility index (Phi) is 3.86. The molecule has 0 aromatic carbocycles. The van der Waals surface area contributed by atoms with Crippen molar-refractivity contribution >= 4 is 5.91 Å². The summed E-state index contributed by atoms with van der Waals surface area (Å²) in [6.45, 7) is 1.81. The van der Waals surface area contributed by atoms with Crippen molar-refractivity contribution in [3.05, 3.63) is 11.6 Å². The Labute approximate surface area is 150 Å². The maximum absolute atomic E-state index is 13.1. The second-order valence-corrected chi connectivity index (χ2v) is 9.03. The van der Waals surface area contributed by atoms with E-state index in [2.05, 4.69) is 15.1 Å². The van der Waals surface area contributed by atoms with Gasteiger partial charge < -0.3 is 4.90 Å². The Balaban J connectivity index is 1.38. The number of carbonyl (C=O) groups is 1. The van der Waals surface area contributed by atoms with Crippen molar-refractivity contribution in [2.24, 2.45) is 11.3 Å². The highest BCUT2D eigenvalue weighted by molar-refractivity contribution is 5.79. The minimum atomic E-state index is 0.255. The lowest BCUT2D eigenvalue weighted by atomic mass is 9.76. The first-order valence-electron chi connectivity index (χ1n) is 10.5. The van der Waals surface area contributed by atoms with Crippen LogP contribution in [-0.2, 0) is 4.79 Å². The van der Waals surface area contributed by atoms with Gasteiger partial charge in [0.2, 0.25) is 5.91 Å². The van der Waals surface area contributed by atoms with E-state index >= 15 is 0 Å². The Hall–Kier alpha value is -1.39. The predicted octanol–water partition coefficient (Wildman–Crippen LogP) is 3.75. The normalized spacial score (nSPS) is 29.6. The summed E-state index contributed by atoms with van der Waals surface area (Å²) in [5.74, 6) is 3.73. The number of rotatable bonds is 3. The zero-order chi connectivity index (χ0) is 16.9. The summed E-state index contributed by atoms with van der Waals surface area (Å²) in [5.41, 5.74) is 0.255. The summed E-state index contributed by atoms with van der Waals surface area (Å²) in [6, 6.07) is 0. The molecule has 1 aromatic rings. The maximum Gasteiger partial charge on any atom is 0.225 e. The van der Waals surface area contributed by atoms with Gasteiger partial charge in [0.05, 0.1) is 0 Å². The fourth-order valence-electron chi connectivity index (χ4n) is 5.67. The number of H-pyrrole nitrogens is 1. The highest BCUT2D eigenvalue weighted by atomic mass is 16.2. The molecule has 4 fully saturated rings. The highest BCUT2D eigenvalue weighted by Crippen LogP contribution is 2.53. The van der Waals surface area contributed by atoms with Crippen LogP contribution in [0.25, 0.3) is 0 Å². The van der Waals surface area contributed by atoms with Crippen molar-refractivity contribution in [3.63, 3.8) is 0 Å². The monoisotopic (exact) mass is 342 g/mol. The number of nitrogens with zero attached hydrogens (tertiary/aromatic N) is 3. The number of nitrogens with one attached hydrogen (secondary N) is 1. The Morgan fingerprint density at radius 2 is 1.80 bits per heavy atom. The molecule has 1 saturated heterocycles. The molecule has 0 radical (unpaired) electrons. The minimum Gasteiger partial charge on any atom is -0.341 e. The van der Waals surface area contributed by atoms with Crippen molar-refractivity contribution < 1.29 is 4.79 Å². The second kappa shape index (κ2) is 6.10. The van der Waals surface area contributed by atoms with Crippen molar-refractivity contribution in [3.8, 4) is 0 Å². The standard InChI is InChI=1S/C20H30N4O/c25-19(15-6-2-1-3-7-15)24-12-16(20(13-24)10-4-5-11-20)18-21-17(22-23-18)14-8-9-14/h14-16H,1-13H2,(H,21,22,23). The van der Waals surface area contributed by atoms with Crippen LogP contribution < -0.4 is 0 Å². The van der Waals surface area contributed by atoms with E-state index in [1.165, 1.54) is 57.8 Å². The van der Waals surface area contributed by atoms with E-state index in [-0.39, 0.29) is 11.3 Å². The van der Waals surface area contributed by atoms with Crippen LogP contribution in [0.2, 0.25) is 0 Å². The molecule has 1 atom stereocenters. The van der Waals surface area contributed by atoms with E-state index in [1.54, 1.807) is 0 Å². The van der Waals surface area contributed by atoms with E-state index < -0.39 is 0 Å². The Morgan fingerprint density at radius 3 is 2.52 bits per heavy atom. The van der Waals surface area contributed by atoms with Gasteiger partial charge in [0.1, 0.15) is 5.82 Å². The molecule has 4 aliphatic rings. The summed E-state index contributed by atoms with van der Waals surface area (Å²) in [7, 11) is 0. The molecule has 1 unspecified atom stereocenters. The van der Waals surface area contributed by atoms with E-state index in [1.807, 2.05) is 0 Å². The van der Waals surface area contributed by atoms with Crippen LogP contribution in [0.5, 0.6) is 0 Å². The van der Waals surface area contributed by atoms with Crippen molar-refractivity contribution in [1.82, 2.24) is 20.1 Å². The minimum absolute atomic E-state index is 0.255. The van der Waals surface area contributed by atoms with Gasteiger partial charge in [0.15, 0.2) is 5.82 Å². The van der Waals surface area contributed by atoms with Crippen LogP contribution in [0.3, 0.4) is 0 Å². The number of likely N-dealkylation sites (tertiary alicyclic amines) is 1. The lowest BCUT2D eigenvalue weighted by Crippen LogP contribution is -2.36. The summed E-state index contributed by atoms with van der Waals surface area (Å²) in [6.07, 6.45) is 13.5. The fourth-order valence-corrected chi connectivity index (χ4v) is 5.67. The van der Waals surface area contributed by atoms with Gasteiger partial charge in [-0.05, 0) is 43.9 Å². The third kappa shape index (κ3) is 2.80. The number of aromatic amines is 1. The molecule has 3 aliphatic carbocycles.